The number of nitrogens with one attached hydrogen (secondary N) is 1. The molecule has 0 heterocycles. The maximum Gasteiger partial charge on any atom is 0.262 e. The second kappa shape index (κ2) is 5.73. The normalized spacial score (nSPS) is 11.3. The molecule has 0 saturated carbocycles. The van der Waals surface area contributed by atoms with Gasteiger partial charge in [0.15, 0.2) is 0 Å². The quantitative estimate of drug-likeness (QED) is 0.898. The van der Waals surface area contributed by atoms with Gasteiger partial charge in [-0.2, -0.15) is 0 Å². The Hall–Kier alpha value is -1.37. The monoisotopic (exact) mass is 341 g/mol. The first kappa shape index (κ1) is 14.0. The number of sulfonamides is 1. The van der Waals surface area contributed by atoms with Crippen molar-refractivity contribution in [2.75, 3.05) is 4.72 Å². The Morgan fingerprint density at radius 3 is 2.32 bits per heavy atom. The lowest BCUT2D eigenvalue weighted by Crippen LogP contribution is -2.14. The number of hydrogen-bond donors (Lipinski definition) is 2. The third kappa shape index (κ3) is 3.34. The van der Waals surface area contributed by atoms with Gasteiger partial charge in [-0.1, -0.05) is 34.1 Å². The van der Waals surface area contributed by atoms with Crippen LogP contribution in [-0.2, 0) is 16.6 Å². The van der Waals surface area contributed by atoms with E-state index in [2.05, 4.69) is 20.7 Å². The van der Waals surface area contributed by atoms with E-state index >= 15 is 0 Å². The average Bonchev–Trinajstić information content (AvgIpc) is 2.41. The summed E-state index contributed by atoms with van der Waals surface area (Å²) in [6.07, 6.45) is 0. The van der Waals surface area contributed by atoms with E-state index in [-0.39, 0.29) is 11.5 Å². The number of anilines is 1. The summed E-state index contributed by atoms with van der Waals surface area (Å²) in [6, 6.07) is 13.2. The van der Waals surface area contributed by atoms with Crippen molar-refractivity contribution in [3.63, 3.8) is 0 Å². The Morgan fingerprint density at radius 1 is 1.05 bits per heavy atom. The smallest absolute Gasteiger partial charge is 0.262 e. The van der Waals surface area contributed by atoms with Crippen LogP contribution in [0.15, 0.2) is 57.9 Å². The van der Waals surface area contributed by atoms with E-state index in [9.17, 15) is 13.5 Å². The Morgan fingerprint density at radius 2 is 1.68 bits per heavy atom. The van der Waals surface area contributed by atoms with Crippen molar-refractivity contribution < 1.29 is 13.5 Å². The maximum atomic E-state index is 12.2. The second-order valence-corrected chi connectivity index (χ2v) is 6.44. The molecule has 0 aliphatic carbocycles. The minimum Gasteiger partial charge on any atom is -0.392 e. The summed E-state index contributed by atoms with van der Waals surface area (Å²) >= 11 is 3.28. The molecule has 0 fully saturated rings. The maximum absolute atomic E-state index is 12.2. The molecule has 0 saturated heterocycles. The Kier molecular flexibility index (Phi) is 4.24. The van der Waals surface area contributed by atoms with E-state index < -0.39 is 10.0 Å². The predicted octanol–water partition coefficient (Wildman–Crippen LogP) is 2.74. The standard InChI is InChI=1S/C13H12BrNO3S/c14-11-5-7-12(8-6-11)15-19(17,18)13-4-2-1-3-10(13)9-16/h1-8,15-16H,9H2. The van der Waals surface area contributed by atoms with E-state index in [1.165, 1.54) is 6.07 Å². The van der Waals surface area contributed by atoms with Crippen molar-refractivity contribution in [2.45, 2.75) is 11.5 Å². The molecule has 0 spiro atoms. The van der Waals surface area contributed by atoms with Crippen LogP contribution in [0, 0.1) is 0 Å². The van der Waals surface area contributed by atoms with Gasteiger partial charge < -0.3 is 5.11 Å². The molecule has 2 aromatic carbocycles. The fraction of sp³-hybridized carbons (Fsp3) is 0.0769. The lowest BCUT2D eigenvalue weighted by atomic mass is 10.2. The molecule has 0 unspecified atom stereocenters. The van der Waals surface area contributed by atoms with Crippen molar-refractivity contribution >= 4 is 31.6 Å². The molecule has 0 aliphatic heterocycles. The Bertz CT molecular complexity index is 669. The molecular weight excluding hydrogens is 330 g/mol. The van der Waals surface area contributed by atoms with Gasteiger partial charge in [-0.25, -0.2) is 8.42 Å². The van der Waals surface area contributed by atoms with Gasteiger partial charge in [0.25, 0.3) is 10.0 Å². The van der Waals surface area contributed by atoms with Crippen LogP contribution in [0.1, 0.15) is 5.56 Å². The number of halogens is 1. The van der Waals surface area contributed by atoms with Crippen LogP contribution in [0.5, 0.6) is 0 Å². The molecule has 2 N–H and O–H groups in total. The SMILES string of the molecule is O=S(=O)(Nc1ccc(Br)cc1)c1ccccc1CO. The highest BCUT2D eigenvalue weighted by Crippen LogP contribution is 2.21. The van der Waals surface area contributed by atoms with Crippen LogP contribution in [0.3, 0.4) is 0 Å². The first-order valence-corrected chi connectivity index (χ1v) is 7.78. The highest BCUT2D eigenvalue weighted by Gasteiger charge is 2.17. The van der Waals surface area contributed by atoms with Crippen LogP contribution in [0.4, 0.5) is 5.69 Å². The van der Waals surface area contributed by atoms with Gasteiger partial charge >= 0.3 is 0 Å². The van der Waals surface area contributed by atoms with Crippen LogP contribution in [0.2, 0.25) is 0 Å². The number of benzene rings is 2. The van der Waals surface area contributed by atoms with E-state index in [1.54, 1.807) is 42.5 Å². The molecule has 0 aliphatic rings. The highest BCUT2D eigenvalue weighted by molar-refractivity contribution is 9.10. The van der Waals surface area contributed by atoms with Gasteiger partial charge in [0.2, 0.25) is 0 Å². The Labute approximate surface area is 120 Å². The second-order valence-electron chi connectivity index (χ2n) is 3.88. The molecular formula is C13H12BrNO3S. The summed E-state index contributed by atoms with van der Waals surface area (Å²) in [7, 11) is -3.69. The van der Waals surface area contributed by atoms with Gasteiger partial charge in [-0.15, -0.1) is 0 Å². The van der Waals surface area contributed by atoms with E-state index in [0.717, 1.165) is 4.47 Å². The lowest BCUT2D eigenvalue weighted by molar-refractivity contribution is 0.278. The zero-order valence-electron chi connectivity index (χ0n) is 9.88. The summed E-state index contributed by atoms with van der Waals surface area (Å²) in [5, 5.41) is 9.19. The predicted molar refractivity (Wildman–Crippen MR) is 77.3 cm³/mol. The molecule has 19 heavy (non-hydrogen) atoms. The number of aliphatic hydroxyl groups excluding tert-OH is 1. The Balaban J connectivity index is 2.35. The van der Waals surface area contributed by atoms with Gasteiger partial charge in [0.05, 0.1) is 11.5 Å². The number of rotatable bonds is 4. The van der Waals surface area contributed by atoms with E-state index in [4.69, 9.17) is 0 Å². The summed E-state index contributed by atoms with van der Waals surface area (Å²) < 4.78 is 27.8. The molecule has 4 nitrogen and oxygen atoms in total. The van der Waals surface area contributed by atoms with Crippen molar-refractivity contribution in [3.8, 4) is 0 Å². The molecule has 0 radical (unpaired) electrons. The average molecular weight is 342 g/mol. The molecule has 0 bridgehead atoms. The molecule has 2 rings (SSSR count). The van der Waals surface area contributed by atoms with E-state index in [0.29, 0.717) is 11.3 Å². The minimum absolute atomic E-state index is 0.0837. The van der Waals surface area contributed by atoms with Crippen LogP contribution >= 0.6 is 15.9 Å². The third-order valence-electron chi connectivity index (χ3n) is 2.53. The lowest BCUT2D eigenvalue weighted by Gasteiger charge is -2.11. The zero-order valence-corrected chi connectivity index (χ0v) is 12.3. The van der Waals surface area contributed by atoms with Crippen molar-refractivity contribution in [1.82, 2.24) is 0 Å². The van der Waals surface area contributed by atoms with E-state index in [1.807, 2.05) is 0 Å². The molecule has 6 heteroatoms. The summed E-state index contributed by atoms with van der Waals surface area (Å²) in [4.78, 5) is 0.0837. The van der Waals surface area contributed by atoms with Gasteiger partial charge in [0.1, 0.15) is 0 Å². The zero-order chi connectivity index (χ0) is 13.9. The minimum atomic E-state index is -3.69. The molecule has 0 amide bonds. The van der Waals surface area contributed by atoms with Crippen molar-refractivity contribution in [2.24, 2.45) is 0 Å². The fourth-order valence-electron chi connectivity index (χ4n) is 1.62. The largest absolute Gasteiger partial charge is 0.392 e. The van der Waals surface area contributed by atoms with Gasteiger partial charge in [-0.3, -0.25) is 4.72 Å². The van der Waals surface area contributed by atoms with Crippen LogP contribution in [0.25, 0.3) is 0 Å². The molecule has 2 aromatic rings. The number of aliphatic hydroxyl groups is 1. The van der Waals surface area contributed by atoms with Gasteiger partial charge in [-0.05, 0) is 35.9 Å². The van der Waals surface area contributed by atoms with Crippen LogP contribution < -0.4 is 4.72 Å². The molecule has 100 valence electrons. The summed E-state index contributed by atoms with van der Waals surface area (Å²) in [5.74, 6) is 0. The van der Waals surface area contributed by atoms with Crippen molar-refractivity contribution in [3.05, 3.63) is 58.6 Å². The highest BCUT2D eigenvalue weighted by atomic mass is 79.9. The molecule has 0 atom stereocenters. The van der Waals surface area contributed by atoms with Gasteiger partial charge in [0, 0.05) is 10.2 Å². The third-order valence-corrected chi connectivity index (χ3v) is 4.54. The topological polar surface area (TPSA) is 66.4 Å². The summed E-state index contributed by atoms with van der Waals surface area (Å²) in [6.45, 7) is -0.322. The molecule has 0 aromatic heterocycles. The number of hydrogen-bond acceptors (Lipinski definition) is 3. The summed E-state index contributed by atoms with van der Waals surface area (Å²) in [5.41, 5.74) is 0.836. The first-order chi connectivity index (χ1) is 9.03. The fourth-order valence-corrected chi connectivity index (χ4v) is 3.18. The van der Waals surface area contributed by atoms with Crippen LogP contribution in [-0.4, -0.2) is 13.5 Å². The first-order valence-electron chi connectivity index (χ1n) is 5.50. The van der Waals surface area contributed by atoms with Crippen molar-refractivity contribution in [1.29, 1.82) is 0 Å².